The number of thioether (sulfide) groups is 1. The van der Waals surface area contributed by atoms with Crippen LogP contribution in [0.15, 0.2) is 70.2 Å². The van der Waals surface area contributed by atoms with Crippen molar-refractivity contribution >= 4 is 34.3 Å². The monoisotopic (exact) mass is 353 g/mol. The Balaban J connectivity index is 1.49. The smallest absolute Gasteiger partial charge is 0.237 e. The Bertz CT molecular complexity index is 1000. The second kappa shape index (κ2) is 6.63. The molecule has 2 aromatic heterocycles. The van der Waals surface area contributed by atoms with Gasteiger partial charge in [-0.15, -0.1) is 0 Å². The molecule has 4 rings (SSSR count). The first-order valence-corrected chi connectivity index (χ1v) is 8.71. The molecule has 0 saturated carbocycles. The summed E-state index contributed by atoms with van der Waals surface area (Å²) in [6, 6.07) is 19.5. The highest BCUT2D eigenvalue weighted by molar-refractivity contribution is 7.98. The SMILES string of the molecule is Clc1cccc(-c2noc(CSc3ccc4ccccc4n3)n2)c1. The van der Waals surface area contributed by atoms with E-state index in [1.807, 2.05) is 54.6 Å². The maximum Gasteiger partial charge on any atom is 0.237 e. The number of hydrogen-bond donors (Lipinski definition) is 0. The second-order valence-corrected chi connectivity index (χ2v) is 6.58. The number of fused-ring (bicyclic) bond motifs is 1. The second-order valence-electron chi connectivity index (χ2n) is 5.15. The Morgan fingerprint density at radius 2 is 1.88 bits per heavy atom. The number of rotatable bonds is 4. The fourth-order valence-corrected chi connectivity index (χ4v) is 3.23. The molecule has 0 amide bonds. The molecule has 0 fully saturated rings. The summed E-state index contributed by atoms with van der Waals surface area (Å²) in [6.45, 7) is 0. The summed E-state index contributed by atoms with van der Waals surface area (Å²) in [4.78, 5) is 9.04. The highest BCUT2D eigenvalue weighted by atomic mass is 35.5. The van der Waals surface area contributed by atoms with Crippen molar-refractivity contribution < 1.29 is 4.52 Å². The Kier molecular flexibility index (Phi) is 4.19. The molecular formula is C18H12ClN3OS. The first-order valence-electron chi connectivity index (χ1n) is 7.35. The molecule has 0 saturated heterocycles. The lowest BCUT2D eigenvalue weighted by Gasteiger charge is -2.00. The van der Waals surface area contributed by atoms with E-state index in [0.29, 0.717) is 22.5 Å². The van der Waals surface area contributed by atoms with E-state index in [4.69, 9.17) is 16.1 Å². The number of hydrogen-bond acceptors (Lipinski definition) is 5. The topological polar surface area (TPSA) is 51.8 Å². The van der Waals surface area contributed by atoms with Crippen LogP contribution in [-0.2, 0) is 5.75 Å². The number of pyridine rings is 1. The van der Waals surface area contributed by atoms with Crippen molar-refractivity contribution in [1.82, 2.24) is 15.1 Å². The molecule has 4 nitrogen and oxygen atoms in total. The average molecular weight is 354 g/mol. The minimum Gasteiger partial charge on any atom is -0.338 e. The number of nitrogens with zero attached hydrogens (tertiary/aromatic N) is 3. The van der Waals surface area contributed by atoms with Crippen LogP contribution < -0.4 is 0 Å². The number of halogens is 1. The zero-order valence-corrected chi connectivity index (χ0v) is 14.1. The van der Waals surface area contributed by atoms with Gasteiger partial charge in [-0.05, 0) is 24.3 Å². The summed E-state index contributed by atoms with van der Waals surface area (Å²) in [5.74, 6) is 1.67. The zero-order valence-electron chi connectivity index (χ0n) is 12.5. The van der Waals surface area contributed by atoms with Crippen LogP contribution in [0.4, 0.5) is 0 Å². The summed E-state index contributed by atoms with van der Waals surface area (Å²) in [5, 5.41) is 6.71. The normalized spacial score (nSPS) is 11.0. The summed E-state index contributed by atoms with van der Waals surface area (Å²) >= 11 is 7.56. The molecule has 0 N–H and O–H groups in total. The molecule has 24 heavy (non-hydrogen) atoms. The van der Waals surface area contributed by atoms with Gasteiger partial charge in [-0.1, -0.05) is 64.9 Å². The third-order valence-electron chi connectivity index (χ3n) is 3.47. The van der Waals surface area contributed by atoms with E-state index in [0.717, 1.165) is 21.5 Å². The van der Waals surface area contributed by atoms with Crippen LogP contribution in [0, 0.1) is 0 Å². The van der Waals surface area contributed by atoms with Crippen LogP contribution in [0.1, 0.15) is 5.89 Å². The van der Waals surface area contributed by atoms with Gasteiger partial charge in [0.15, 0.2) is 0 Å². The number of para-hydroxylation sites is 1. The summed E-state index contributed by atoms with van der Waals surface area (Å²) in [5.41, 5.74) is 1.82. The van der Waals surface area contributed by atoms with Gasteiger partial charge in [-0.2, -0.15) is 4.98 Å². The van der Waals surface area contributed by atoms with Crippen molar-refractivity contribution in [2.24, 2.45) is 0 Å². The molecule has 0 unspecified atom stereocenters. The molecule has 0 aliphatic rings. The van der Waals surface area contributed by atoms with Gasteiger partial charge in [0.2, 0.25) is 11.7 Å². The Morgan fingerprint density at radius 1 is 0.958 bits per heavy atom. The molecule has 4 aromatic rings. The molecule has 0 bridgehead atoms. The van der Waals surface area contributed by atoms with E-state index in [1.54, 1.807) is 11.8 Å². The van der Waals surface area contributed by atoms with E-state index in [9.17, 15) is 0 Å². The molecule has 0 spiro atoms. The summed E-state index contributed by atoms with van der Waals surface area (Å²) in [7, 11) is 0. The largest absolute Gasteiger partial charge is 0.338 e. The molecule has 2 heterocycles. The number of aromatic nitrogens is 3. The number of benzene rings is 2. The zero-order chi connectivity index (χ0) is 16.4. The van der Waals surface area contributed by atoms with Crippen LogP contribution in [0.2, 0.25) is 5.02 Å². The van der Waals surface area contributed by atoms with Gasteiger partial charge in [0.25, 0.3) is 0 Å². The van der Waals surface area contributed by atoms with Gasteiger partial charge in [-0.25, -0.2) is 4.98 Å². The van der Waals surface area contributed by atoms with Gasteiger partial charge in [-0.3, -0.25) is 0 Å². The summed E-state index contributed by atoms with van der Waals surface area (Å²) < 4.78 is 5.32. The first-order chi connectivity index (χ1) is 11.8. The predicted molar refractivity (Wildman–Crippen MR) is 96.0 cm³/mol. The van der Waals surface area contributed by atoms with Crippen molar-refractivity contribution in [3.05, 3.63) is 71.6 Å². The third kappa shape index (κ3) is 3.27. The third-order valence-corrected chi connectivity index (χ3v) is 4.62. The van der Waals surface area contributed by atoms with Crippen LogP contribution in [0.3, 0.4) is 0 Å². The highest BCUT2D eigenvalue weighted by Crippen LogP contribution is 2.25. The van der Waals surface area contributed by atoms with E-state index >= 15 is 0 Å². The standard InChI is InChI=1S/C18H12ClN3OS/c19-14-6-3-5-13(10-14)18-21-16(23-22-18)11-24-17-9-8-12-4-1-2-7-15(12)20-17/h1-10H,11H2. The minimum atomic E-state index is 0.541. The van der Waals surface area contributed by atoms with E-state index in [2.05, 4.69) is 21.2 Å². The molecular weight excluding hydrogens is 342 g/mol. The van der Waals surface area contributed by atoms with Crippen molar-refractivity contribution in [2.45, 2.75) is 10.8 Å². The van der Waals surface area contributed by atoms with E-state index in [1.165, 1.54) is 0 Å². The van der Waals surface area contributed by atoms with E-state index < -0.39 is 0 Å². The maximum atomic E-state index is 5.99. The van der Waals surface area contributed by atoms with Gasteiger partial charge in [0, 0.05) is 16.0 Å². The molecule has 6 heteroatoms. The Morgan fingerprint density at radius 3 is 2.79 bits per heavy atom. The van der Waals surface area contributed by atoms with Crippen LogP contribution in [0.5, 0.6) is 0 Å². The minimum absolute atomic E-state index is 0.541. The lowest BCUT2D eigenvalue weighted by Crippen LogP contribution is -1.85. The van der Waals surface area contributed by atoms with Gasteiger partial charge < -0.3 is 4.52 Å². The fourth-order valence-electron chi connectivity index (χ4n) is 2.32. The molecule has 118 valence electrons. The molecule has 0 aliphatic heterocycles. The molecule has 0 aliphatic carbocycles. The van der Waals surface area contributed by atoms with Crippen LogP contribution in [-0.4, -0.2) is 15.1 Å². The van der Waals surface area contributed by atoms with Crippen LogP contribution >= 0.6 is 23.4 Å². The lowest BCUT2D eigenvalue weighted by atomic mass is 10.2. The molecule has 0 atom stereocenters. The van der Waals surface area contributed by atoms with Gasteiger partial charge in [0.05, 0.1) is 16.3 Å². The van der Waals surface area contributed by atoms with E-state index in [-0.39, 0.29) is 0 Å². The van der Waals surface area contributed by atoms with Crippen LogP contribution in [0.25, 0.3) is 22.3 Å². The van der Waals surface area contributed by atoms with Gasteiger partial charge in [0.1, 0.15) is 0 Å². The molecule has 2 aromatic carbocycles. The Labute approximate surface area is 147 Å². The van der Waals surface area contributed by atoms with Crippen molar-refractivity contribution in [3.63, 3.8) is 0 Å². The lowest BCUT2D eigenvalue weighted by molar-refractivity contribution is 0.391. The maximum absolute atomic E-state index is 5.99. The molecule has 0 radical (unpaired) electrons. The predicted octanol–water partition coefficient (Wildman–Crippen LogP) is 5.23. The Hall–Kier alpha value is -2.37. The highest BCUT2D eigenvalue weighted by Gasteiger charge is 2.10. The average Bonchev–Trinajstić information content (AvgIpc) is 3.09. The van der Waals surface area contributed by atoms with Gasteiger partial charge >= 0.3 is 0 Å². The van der Waals surface area contributed by atoms with Crippen molar-refractivity contribution in [2.75, 3.05) is 0 Å². The quantitative estimate of drug-likeness (QED) is 0.470. The fraction of sp³-hybridized carbons (Fsp3) is 0.0556. The first kappa shape index (κ1) is 15.2. The summed E-state index contributed by atoms with van der Waals surface area (Å²) in [6.07, 6.45) is 0. The van der Waals surface area contributed by atoms with Crippen molar-refractivity contribution in [1.29, 1.82) is 0 Å². The van der Waals surface area contributed by atoms with Crippen molar-refractivity contribution in [3.8, 4) is 11.4 Å².